The summed E-state index contributed by atoms with van der Waals surface area (Å²) in [6.45, 7) is 0.474. The van der Waals surface area contributed by atoms with Gasteiger partial charge in [-0.25, -0.2) is 13.1 Å². The maximum Gasteiger partial charge on any atom is 0.240 e. The lowest BCUT2D eigenvalue weighted by atomic mass is 9.90. The van der Waals surface area contributed by atoms with Crippen molar-refractivity contribution in [2.75, 3.05) is 6.54 Å². The summed E-state index contributed by atoms with van der Waals surface area (Å²) in [4.78, 5) is 13.4. The van der Waals surface area contributed by atoms with Gasteiger partial charge in [0, 0.05) is 12.6 Å². The molecule has 5 nitrogen and oxygen atoms in total. The van der Waals surface area contributed by atoms with Crippen LogP contribution < -0.4 is 10.0 Å². The van der Waals surface area contributed by atoms with Gasteiger partial charge < -0.3 is 5.32 Å². The van der Waals surface area contributed by atoms with E-state index in [2.05, 4.69) is 10.0 Å². The van der Waals surface area contributed by atoms with Crippen molar-refractivity contribution in [3.05, 3.63) is 102 Å². The zero-order chi connectivity index (χ0) is 23.1. The van der Waals surface area contributed by atoms with Crippen LogP contribution in [-0.4, -0.2) is 26.9 Å². The zero-order valence-electron chi connectivity index (χ0n) is 18.6. The number of carbonyl (C=O) groups is 1. The van der Waals surface area contributed by atoms with Gasteiger partial charge in [0.15, 0.2) is 0 Å². The first kappa shape index (κ1) is 23.2. The smallest absolute Gasteiger partial charge is 0.240 e. The number of amides is 1. The molecule has 0 saturated heterocycles. The average molecular weight is 463 g/mol. The third-order valence-electron chi connectivity index (χ3n) is 6.15. The molecular formula is C27H30N2O3S. The Morgan fingerprint density at radius 2 is 1.36 bits per heavy atom. The predicted octanol–water partition coefficient (Wildman–Crippen LogP) is 4.40. The third-order valence-corrected chi connectivity index (χ3v) is 7.69. The molecular weight excluding hydrogens is 432 g/mol. The molecule has 1 fully saturated rings. The molecule has 6 heteroatoms. The highest BCUT2D eigenvalue weighted by molar-refractivity contribution is 7.89. The molecule has 1 aliphatic rings. The fourth-order valence-corrected chi connectivity index (χ4v) is 5.69. The molecule has 1 amide bonds. The molecule has 0 atom stereocenters. The molecule has 0 aliphatic heterocycles. The highest BCUT2D eigenvalue weighted by Gasteiger charge is 2.23. The van der Waals surface area contributed by atoms with Crippen molar-refractivity contribution < 1.29 is 13.2 Å². The van der Waals surface area contributed by atoms with Crippen LogP contribution in [0, 0.1) is 0 Å². The normalized spacial score (nSPS) is 14.5. The predicted molar refractivity (Wildman–Crippen MR) is 130 cm³/mol. The van der Waals surface area contributed by atoms with Gasteiger partial charge >= 0.3 is 0 Å². The molecule has 172 valence electrons. The molecule has 4 rings (SSSR count). The van der Waals surface area contributed by atoms with E-state index < -0.39 is 10.0 Å². The second-order valence-corrected chi connectivity index (χ2v) is 10.3. The number of sulfonamides is 1. The molecule has 0 radical (unpaired) electrons. The molecule has 0 spiro atoms. The van der Waals surface area contributed by atoms with Crippen molar-refractivity contribution in [3.63, 3.8) is 0 Å². The molecule has 0 heterocycles. The quantitative estimate of drug-likeness (QED) is 0.495. The van der Waals surface area contributed by atoms with E-state index in [1.807, 2.05) is 72.8 Å². The molecule has 3 aromatic carbocycles. The lowest BCUT2D eigenvalue weighted by Gasteiger charge is -2.18. The van der Waals surface area contributed by atoms with Crippen molar-refractivity contribution >= 4 is 15.9 Å². The van der Waals surface area contributed by atoms with Crippen molar-refractivity contribution in [1.82, 2.24) is 10.0 Å². The lowest BCUT2D eigenvalue weighted by molar-refractivity contribution is -0.121. The van der Waals surface area contributed by atoms with Gasteiger partial charge in [0.1, 0.15) is 0 Å². The standard InChI is InChI=1S/C27H30N2O3S/c30-27(26(22-9-3-1-4-10-22)23-11-5-2-6-12-23)28-20-19-21-15-17-25(18-16-21)33(31,32)29-24-13-7-8-14-24/h1-6,9-12,15-18,24,26,29H,7-8,13-14,19-20H2,(H,28,30). The van der Waals surface area contributed by atoms with Crippen LogP contribution >= 0.6 is 0 Å². The number of benzene rings is 3. The Morgan fingerprint density at radius 3 is 1.91 bits per heavy atom. The van der Waals surface area contributed by atoms with Gasteiger partial charge in [-0.15, -0.1) is 0 Å². The van der Waals surface area contributed by atoms with Crippen molar-refractivity contribution in [1.29, 1.82) is 0 Å². The minimum absolute atomic E-state index is 0.0482. The Labute approximate surface area is 196 Å². The van der Waals surface area contributed by atoms with E-state index in [9.17, 15) is 13.2 Å². The first-order valence-electron chi connectivity index (χ1n) is 11.5. The van der Waals surface area contributed by atoms with Crippen molar-refractivity contribution in [2.24, 2.45) is 0 Å². The van der Waals surface area contributed by atoms with E-state index in [0.29, 0.717) is 13.0 Å². The van der Waals surface area contributed by atoms with Crippen molar-refractivity contribution in [3.8, 4) is 0 Å². The van der Waals surface area contributed by atoms with E-state index >= 15 is 0 Å². The van der Waals surface area contributed by atoms with Gasteiger partial charge in [0.25, 0.3) is 0 Å². The van der Waals surface area contributed by atoms with E-state index in [1.165, 1.54) is 0 Å². The highest BCUT2D eigenvalue weighted by atomic mass is 32.2. The summed E-state index contributed by atoms with van der Waals surface area (Å²) in [5.74, 6) is -0.422. The van der Waals surface area contributed by atoms with Gasteiger partial charge in [-0.1, -0.05) is 85.6 Å². The van der Waals surface area contributed by atoms with Crippen LogP contribution in [0.4, 0.5) is 0 Å². The summed E-state index contributed by atoms with van der Waals surface area (Å²) in [6, 6.07) is 26.5. The summed E-state index contributed by atoms with van der Waals surface area (Å²) in [5, 5.41) is 3.05. The number of hydrogen-bond acceptors (Lipinski definition) is 3. The minimum Gasteiger partial charge on any atom is -0.355 e. The molecule has 0 unspecified atom stereocenters. The van der Waals surface area contributed by atoms with Crippen LogP contribution in [0.1, 0.15) is 48.3 Å². The maximum atomic E-state index is 13.1. The van der Waals surface area contributed by atoms with Crippen LogP contribution in [-0.2, 0) is 21.2 Å². The molecule has 1 saturated carbocycles. The topological polar surface area (TPSA) is 75.3 Å². The molecule has 1 aliphatic carbocycles. The fourth-order valence-electron chi connectivity index (χ4n) is 4.38. The number of carbonyl (C=O) groups excluding carboxylic acids is 1. The molecule has 2 N–H and O–H groups in total. The van der Waals surface area contributed by atoms with Crippen LogP contribution in [0.5, 0.6) is 0 Å². The fraction of sp³-hybridized carbons (Fsp3) is 0.296. The number of hydrogen-bond donors (Lipinski definition) is 2. The zero-order valence-corrected chi connectivity index (χ0v) is 19.4. The first-order valence-corrected chi connectivity index (χ1v) is 13.0. The summed E-state index contributed by atoms with van der Waals surface area (Å²) in [7, 11) is -3.49. The Kier molecular flexibility index (Phi) is 7.57. The van der Waals surface area contributed by atoms with Crippen LogP contribution in [0.15, 0.2) is 89.8 Å². The van der Waals surface area contributed by atoms with E-state index in [-0.39, 0.29) is 22.8 Å². The number of nitrogens with one attached hydrogen (secondary N) is 2. The Bertz CT molecular complexity index is 1100. The van der Waals surface area contributed by atoms with Gasteiger partial charge in [0.05, 0.1) is 10.8 Å². The first-order chi connectivity index (χ1) is 16.0. The second-order valence-electron chi connectivity index (χ2n) is 8.54. The van der Waals surface area contributed by atoms with Crippen molar-refractivity contribution in [2.45, 2.75) is 49.0 Å². The Hall–Kier alpha value is -2.96. The largest absolute Gasteiger partial charge is 0.355 e. The second kappa shape index (κ2) is 10.8. The van der Waals surface area contributed by atoms with Gasteiger partial charge in [-0.3, -0.25) is 4.79 Å². The minimum atomic E-state index is -3.49. The van der Waals surface area contributed by atoms with Crippen LogP contribution in [0.3, 0.4) is 0 Å². The maximum absolute atomic E-state index is 13.1. The summed E-state index contributed by atoms with van der Waals surface area (Å²) >= 11 is 0. The van der Waals surface area contributed by atoms with Gasteiger partial charge in [-0.2, -0.15) is 0 Å². The van der Waals surface area contributed by atoms with E-state index in [4.69, 9.17) is 0 Å². The van der Waals surface area contributed by atoms with Gasteiger partial charge in [0.2, 0.25) is 15.9 Å². The Balaban J connectivity index is 1.36. The third kappa shape index (κ3) is 6.09. The summed E-state index contributed by atoms with van der Waals surface area (Å²) in [6.07, 6.45) is 4.59. The molecule has 3 aromatic rings. The van der Waals surface area contributed by atoms with Crippen LogP contribution in [0.25, 0.3) is 0 Å². The molecule has 0 aromatic heterocycles. The summed E-state index contributed by atoms with van der Waals surface area (Å²) < 4.78 is 28.0. The summed E-state index contributed by atoms with van der Waals surface area (Å²) in [5.41, 5.74) is 2.88. The Morgan fingerprint density at radius 1 is 0.818 bits per heavy atom. The molecule has 0 bridgehead atoms. The molecule has 33 heavy (non-hydrogen) atoms. The highest BCUT2D eigenvalue weighted by Crippen LogP contribution is 2.25. The average Bonchev–Trinajstić information content (AvgIpc) is 3.33. The van der Waals surface area contributed by atoms with Crippen LogP contribution in [0.2, 0.25) is 0 Å². The van der Waals surface area contributed by atoms with E-state index in [0.717, 1.165) is 42.4 Å². The lowest BCUT2D eigenvalue weighted by Crippen LogP contribution is -2.32. The van der Waals surface area contributed by atoms with E-state index in [1.54, 1.807) is 12.1 Å². The monoisotopic (exact) mass is 462 g/mol. The van der Waals surface area contributed by atoms with Gasteiger partial charge in [-0.05, 0) is 48.1 Å². The SMILES string of the molecule is O=C(NCCc1ccc(S(=O)(=O)NC2CCCC2)cc1)C(c1ccccc1)c1ccccc1. The number of rotatable bonds is 9.